The Morgan fingerprint density at radius 1 is 1.00 bits per heavy atom. The SMILES string of the molecule is Cc1ccc(-c2c(CSc3ccc(C(N)=O)cc3)c(C)nc(CC(C)C)c2CN)cc1. The van der Waals surface area contributed by atoms with E-state index in [1.807, 2.05) is 12.1 Å². The second kappa shape index (κ2) is 10.1. The molecule has 0 saturated heterocycles. The fraction of sp³-hybridized carbons (Fsp3) is 0.308. The number of thioether (sulfide) groups is 1. The topological polar surface area (TPSA) is 82.0 Å². The van der Waals surface area contributed by atoms with Crippen molar-refractivity contribution in [2.75, 3.05) is 0 Å². The van der Waals surface area contributed by atoms with Crippen LogP contribution in [0.2, 0.25) is 0 Å². The molecule has 1 heterocycles. The third kappa shape index (κ3) is 5.54. The molecule has 2 aromatic carbocycles. The van der Waals surface area contributed by atoms with Gasteiger partial charge < -0.3 is 11.5 Å². The molecule has 0 aliphatic rings. The maximum absolute atomic E-state index is 11.3. The molecule has 1 aromatic heterocycles. The molecule has 162 valence electrons. The summed E-state index contributed by atoms with van der Waals surface area (Å²) in [6.07, 6.45) is 0.911. The van der Waals surface area contributed by atoms with Crippen molar-refractivity contribution < 1.29 is 4.79 Å². The number of pyridine rings is 1. The highest BCUT2D eigenvalue weighted by Crippen LogP contribution is 2.36. The van der Waals surface area contributed by atoms with Gasteiger partial charge in [0.25, 0.3) is 0 Å². The van der Waals surface area contributed by atoms with Crippen molar-refractivity contribution in [3.8, 4) is 11.1 Å². The van der Waals surface area contributed by atoms with Crippen molar-refractivity contribution in [3.05, 3.63) is 82.2 Å². The van der Waals surface area contributed by atoms with Gasteiger partial charge in [0.1, 0.15) is 0 Å². The van der Waals surface area contributed by atoms with Crippen LogP contribution < -0.4 is 11.5 Å². The van der Waals surface area contributed by atoms with Gasteiger partial charge in [-0.25, -0.2) is 0 Å². The molecule has 31 heavy (non-hydrogen) atoms. The zero-order chi connectivity index (χ0) is 22.5. The van der Waals surface area contributed by atoms with Crippen LogP contribution in [0.4, 0.5) is 0 Å². The monoisotopic (exact) mass is 433 g/mol. The summed E-state index contributed by atoms with van der Waals surface area (Å²) < 4.78 is 0. The lowest BCUT2D eigenvalue weighted by molar-refractivity contribution is 0.1000. The van der Waals surface area contributed by atoms with Crippen LogP contribution in [0.5, 0.6) is 0 Å². The smallest absolute Gasteiger partial charge is 0.248 e. The van der Waals surface area contributed by atoms with Gasteiger partial charge in [0, 0.05) is 34.1 Å². The second-order valence-electron chi connectivity index (χ2n) is 8.32. The van der Waals surface area contributed by atoms with E-state index in [4.69, 9.17) is 16.5 Å². The van der Waals surface area contributed by atoms with E-state index in [1.54, 1.807) is 23.9 Å². The van der Waals surface area contributed by atoms with E-state index >= 15 is 0 Å². The van der Waals surface area contributed by atoms with Gasteiger partial charge in [-0.05, 0) is 72.7 Å². The molecule has 4 N–H and O–H groups in total. The summed E-state index contributed by atoms with van der Waals surface area (Å²) in [5, 5.41) is 0. The van der Waals surface area contributed by atoms with Crippen LogP contribution in [-0.4, -0.2) is 10.9 Å². The van der Waals surface area contributed by atoms with E-state index in [-0.39, 0.29) is 0 Å². The average Bonchev–Trinajstić information content (AvgIpc) is 2.73. The predicted octanol–water partition coefficient (Wildman–Crippen LogP) is 5.41. The lowest BCUT2D eigenvalue weighted by Crippen LogP contribution is -2.13. The molecule has 0 unspecified atom stereocenters. The van der Waals surface area contributed by atoms with Crippen LogP contribution >= 0.6 is 11.8 Å². The third-order valence-electron chi connectivity index (χ3n) is 5.36. The Bertz CT molecular complexity index is 1060. The standard InChI is InChI=1S/C26H31N3OS/c1-16(2)13-24-22(14-27)25(19-7-5-17(3)6-8-19)23(18(4)29-24)15-31-21-11-9-20(10-12-21)26(28)30/h5-12,16H,13-15,27H2,1-4H3,(H2,28,30). The first-order chi connectivity index (χ1) is 14.8. The van der Waals surface area contributed by atoms with Crippen LogP contribution in [0.15, 0.2) is 53.4 Å². The Morgan fingerprint density at radius 2 is 1.65 bits per heavy atom. The van der Waals surface area contributed by atoms with E-state index in [2.05, 4.69) is 52.0 Å². The first-order valence-electron chi connectivity index (χ1n) is 10.6. The van der Waals surface area contributed by atoms with Crippen molar-refractivity contribution in [3.63, 3.8) is 0 Å². The normalized spacial score (nSPS) is 11.2. The van der Waals surface area contributed by atoms with E-state index in [1.165, 1.54) is 22.3 Å². The number of aromatic nitrogens is 1. The van der Waals surface area contributed by atoms with Gasteiger partial charge in [0.05, 0.1) is 0 Å². The number of hydrogen-bond donors (Lipinski definition) is 2. The molecule has 0 saturated carbocycles. The molecule has 0 aliphatic heterocycles. The summed E-state index contributed by atoms with van der Waals surface area (Å²) in [5.74, 6) is 0.867. The minimum Gasteiger partial charge on any atom is -0.366 e. The highest BCUT2D eigenvalue weighted by atomic mass is 32.2. The number of nitrogens with zero attached hydrogens (tertiary/aromatic N) is 1. The van der Waals surface area contributed by atoms with Crippen molar-refractivity contribution in [1.82, 2.24) is 4.98 Å². The number of benzene rings is 2. The summed E-state index contributed by atoms with van der Waals surface area (Å²) in [6.45, 7) is 9.07. The highest BCUT2D eigenvalue weighted by Gasteiger charge is 2.19. The van der Waals surface area contributed by atoms with Gasteiger partial charge in [-0.1, -0.05) is 43.7 Å². The molecular formula is C26H31N3OS. The number of hydrogen-bond acceptors (Lipinski definition) is 4. The molecule has 3 aromatic rings. The van der Waals surface area contributed by atoms with Crippen molar-refractivity contribution in [2.24, 2.45) is 17.4 Å². The summed E-state index contributed by atoms with van der Waals surface area (Å²) in [4.78, 5) is 17.4. The van der Waals surface area contributed by atoms with E-state index in [9.17, 15) is 4.79 Å². The van der Waals surface area contributed by atoms with Crippen LogP contribution in [0.25, 0.3) is 11.1 Å². The van der Waals surface area contributed by atoms with Gasteiger partial charge in [-0.15, -0.1) is 11.8 Å². The van der Waals surface area contributed by atoms with E-state index in [0.717, 1.165) is 34.0 Å². The number of carbonyl (C=O) groups excluding carboxylic acids is 1. The van der Waals surface area contributed by atoms with Crippen LogP contribution in [-0.2, 0) is 18.7 Å². The number of nitrogens with two attached hydrogens (primary N) is 2. The summed E-state index contributed by atoms with van der Waals surface area (Å²) in [7, 11) is 0. The number of carbonyl (C=O) groups is 1. The summed E-state index contributed by atoms with van der Waals surface area (Å²) in [6, 6.07) is 16.1. The fourth-order valence-electron chi connectivity index (χ4n) is 3.74. The van der Waals surface area contributed by atoms with Gasteiger partial charge >= 0.3 is 0 Å². The lowest BCUT2D eigenvalue weighted by atomic mass is 9.90. The minimum atomic E-state index is -0.411. The number of aryl methyl sites for hydroxylation is 2. The zero-order valence-corrected chi connectivity index (χ0v) is 19.6. The Hall–Kier alpha value is -2.63. The Kier molecular flexibility index (Phi) is 7.52. The molecule has 1 amide bonds. The van der Waals surface area contributed by atoms with Crippen molar-refractivity contribution >= 4 is 17.7 Å². The number of amides is 1. The summed E-state index contributed by atoms with van der Waals surface area (Å²) in [5.41, 5.74) is 20.3. The molecular weight excluding hydrogens is 402 g/mol. The first-order valence-corrected chi connectivity index (χ1v) is 11.6. The molecule has 4 nitrogen and oxygen atoms in total. The summed E-state index contributed by atoms with van der Waals surface area (Å²) >= 11 is 1.73. The predicted molar refractivity (Wildman–Crippen MR) is 130 cm³/mol. The molecule has 0 atom stereocenters. The second-order valence-corrected chi connectivity index (χ2v) is 9.37. The van der Waals surface area contributed by atoms with Crippen LogP contribution in [0.1, 0.15) is 52.3 Å². The van der Waals surface area contributed by atoms with Gasteiger partial charge in [0.15, 0.2) is 0 Å². The Morgan fingerprint density at radius 3 is 2.19 bits per heavy atom. The number of primary amides is 1. The quantitative estimate of drug-likeness (QED) is 0.465. The zero-order valence-electron chi connectivity index (χ0n) is 18.7. The van der Waals surface area contributed by atoms with Gasteiger partial charge in [-0.2, -0.15) is 0 Å². The molecule has 0 bridgehead atoms. The Labute approximate surface area is 189 Å². The third-order valence-corrected chi connectivity index (χ3v) is 6.40. The molecule has 0 radical (unpaired) electrons. The van der Waals surface area contributed by atoms with Gasteiger partial charge in [-0.3, -0.25) is 9.78 Å². The fourth-order valence-corrected chi connectivity index (χ4v) is 4.73. The van der Waals surface area contributed by atoms with E-state index in [0.29, 0.717) is 18.0 Å². The molecule has 3 rings (SSSR count). The average molecular weight is 434 g/mol. The molecule has 5 heteroatoms. The number of rotatable bonds is 8. The molecule has 0 spiro atoms. The van der Waals surface area contributed by atoms with E-state index < -0.39 is 5.91 Å². The largest absolute Gasteiger partial charge is 0.366 e. The Balaban J connectivity index is 2.05. The van der Waals surface area contributed by atoms with Crippen molar-refractivity contribution in [1.29, 1.82) is 0 Å². The molecule has 0 fully saturated rings. The maximum Gasteiger partial charge on any atom is 0.248 e. The highest BCUT2D eigenvalue weighted by molar-refractivity contribution is 7.98. The van der Waals surface area contributed by atoms with Crippen molar-refractivity contribution in [2.45, 2.75) is 51.3 Å². The minimum absolute atomic E-state index is 0.411. The lowest BCUT2D eigenvalue weighted by Gasteiger charge is -2.21. The van der Waals surface area contributed by atoms with Gasteiger partial charge in [0.2, 0.25) is 5.91 Å². The maximum atomic E-state index is 11.3. The van der Waals surface area contributed by atoms with Crippen LogP contribution in [0, 0.1) is 19.8 Å². The van der Waals surface area contributed by atoms with Crippen LogP contribution in [0.3, 0.4) is 0 Å². The first kappa shape index (κ1) is 23.0. The molecule has 0 aliphatic carbocycles.